The lowest BCUT2D eigenvalue weighted by Gasteiger charge is -2.29. The van der Waals surface area contributed by atoms with Crippen molar-refractivity contribution >= 4 is 23.4 Å². The van der Waals surface area contributed by atoms with Crippen molar-refractivity contribution in [1.82, 2.24) is 19.6 Å². The maximum atomic E-state index is 13.6. The summed E-state index contributed by atoms with van der Waals surface area (Å²) in [6, 6.07) is 15.8. The Kier molecular flexibility index (Phi) is 6.62. The van der Waals surface area contributed by atoms with E-state index in [-0.39, 0.29) is 24.3 Å². The molecule has 8 heteroatoms. The van der Waals surface area contributed by atoms with Crippen molar-refractivity contribution in [3.05, 3.63) is 81.6 Å². The number of amides is 2. The molecule has 0 radical (unpaired) electrons. The fourth-order valence-corrected chi connectivity index (χ4v) is 6.03. The van der Waals surface area contributed by atoms with E-state index in [1.165, 1.54) is 0 Å². The number of fused-ring (bicyclic) bond motifs is 1. The highest BCUT2D eigenvalue weighted by Crippen LogP contribution is 2.38. The van der Waals surface area contributed by atoms with Gasteiger partial charge in [0.05, 0.1) is 22.6 Å². The summed E-state index contributed by atoms with van der Waals surface area (Å²) >= 11 is 6.39. The van der Waals surface area contributed by atoms with E-state index in [1.54, 1.807) is 0 Å². The molecule has 0 aliphatic carbocycles. The second-order valence-corrected chi connectivity index (χ2v) is 10.6. The van der Waals surface area contributed by atoms with Gasteiger partial charge in [0.1, 0.15) is 0 Å². The zero-order chi connectivity index (χ0) is 25.6. The van der Waals surface area contributed by atoms with Crippen molar-refractivity contribution in [3.63, 3.8) is 0 Å². The molecule has 188 valence electrons. The highest BCUT2D eigenvalue weighted by molar-refractivity contribution is 6.31. The van der Waals surface area contributed by atoms with Crippen LogP contribution in [0.5, 0.6) is 0 Å². The van der Waals surface area contributed by atoms with Crippen LogP contribution in [0.3, 0.4) is 0 Å². The van der Waals surface area contributed by atoms with Crippen molar-refractivity contribution in [3.8, 4) is 5.69 Å². The van der Waals surface area contributed by atoms with E-state index in [9.17, 15) is 9.59 Å². The Morgan fingerprint density at radius 2 is 1.69 bits per heavy atom. The maximum Gasteiger partial charge on any atom is 0.257 e. The summed E-state index contributed by atoms with van der Waals surface area (Å²) < 4.78 is 1.85. The molecule has 2 saturated heterocycles. The summed E-state index contributed by atoms with van der Waals surface area (Å²) in [7, 11) is 0. The van der Waals surface area contributed by atoms with Crippen LogP contribution in [0.4, 0.5) is 0 Å². The molecular weight excluding hydrogens is 474 g/mol. The molecule has 1 aromatic heterocycles. The smallest absolute Gasteiger partial charge is 0.257 e. The number of nitrogens with zero attached hydrogens (tertiary/aromatic N) is 4. The molecule has 0 bridgehead atoms. The number of carbonyl (C=O) groups excluding carboxylic acids is 2. The lowest BCUT2D eigenvalue weighted by molar-refractivity contribution is -0.119. The van der Waals surface area contributed by atoms with Gasteiger partial charge < -0.3 is 10.6 Å². The van der Waals surface area contributed by atoms with Gasteiger partial charge >= 0.3 is 0 Å². The fraction of sp³-hybridized carbons (Fsp3) is 0.393. The molecule has 2 N–H and O–H groups in total. The lowest BCUT2D eigenvalue weighted by atomic mass is 10.0. The average Bonchev–Trinajstić information content (AvgIpc) is 3.51. The molecule has 3 heterocycles. The first-order valence-corrected chi connectivity index (χ1v) is 12.8. The molecule has 2 aliphatic rings. The Bertz CT molecular complexity index is 1290. The van der Waals surface area contributed by atoms with Crippen LogP contribution in [-0.2, 0) is 4.79 Å². The number of benzene rings is 2. The summed E-state index contributed by atoms with van der Waals surface area (Å²) in [5.41, 5.74) is 10.9. The number of hydrogen-bond donors (Lipinski definition) is 1. The van der Waals surface area contributed by atoms with Crippen LogP contribution in [0.15, 0.2) is 48.5 Å². The van der Waals surface area contributed by atoms with Crippen molar-refractivity contribution < 1.29 is 9.59 Å². The van der Waals surface area contributed by atoms with Gasteiger partial charge in [-0.1, -0.05) is 41.9 Å². The Morgan fingerprint density at radius 1 is 1.03 bits per heavy atom. The molecule has 0 saturated carbocycles. The minimum atomic E-state index is -0.327. The van der Waals surface area contributed by atoms with Crippen LogP contribution in [-0.4, -0.2) is 57.6 Å². The highest BCUT2D eigenvalue weighted by atomic mass is 35.5. The molecule has 2 aliphatic heterocycles. The zero-order valence-corrected chi connectivity index (χ0v) is 21.7. The maximum absolute atomic E-state index is 13.6. The number of para-hydroxylation sites is 1. The summed E-state index contributed by atoms with van der Waals surface area (Å²) in [4.78, 5) is 29.8. The number of rotatable bonds is 6. The van der Waals surface area contributed by atoms with Crippen molar-refractivity contribution in [2.45, 2.75) is 33.2 Å². The monoisotopic (exact) mass is 505 g/mol. The topological polar surface area (TPSA) is 84.5 Å². The van der Waals surface area contributed by atoms with Gasteiger partial charge in [0.2, 0.25) is 5.91 Å². The van der Waals surface area contributed by atoms with Gasteiger partial charge in [0, 0.05) is 43.7 Å². The van der Waals surface area contributed by atoms with Crippen LogP contribution < -0.4 is 5.73 Å². The number of aromatic nitrogens is 2. The highest BCUT2D eigenvalue weighted by Gasteiger charge is 2.44. The minimum Gasteiger partial charge on any atom is -0.370 e. The number of halogens is 1. The summed E-state index contributed by atoms with van der Waals surface area (Å²) in [6.45, 7) is 8.87. The van der Waals surface area contributed by atoms with E-state index in [2.05, 4.69) is 10.00 Å². The molecule has 7 nitrogen and oxygen atoms in total. The van der Waals surface area contributed by atoms with Crippen LogP contribution in [0.2, 0.25) is 5.02 Å². The van der Waals surface area contributed by atoms with E-state index in [0.717, 1.165) is 41.3 Å². The third kappa shape index (κ3) is 4.53. The molecule has 2 amide bonds. The first kappa shape index (κ1) is 24.5. The van der Waals surface area contributed by atoms with E-state index >= 15 is 0 Å². The molecule has 5 rings (SSSR count). The lowest BCUT2D eigenvalue weighted by Crippen LogP contribution is -2.36. The molecule has 2 fully saturated rings. The van der Waals surface area contributed by atoms with Crippen molar-refractivity contribution in [2.24, 2.45) is 17.6 Å². The molecule has 3 aromatic rings. The second-order valence-electron chi connectivity index (χ2n) is 10.2. The van der Waals surface area contributed by atoms with Gasteiger partial charge in [-0.25, -0.2) is 4.68 Å². The van der Waals surface area contributed by atoms with Gasteiger partial charge in [-0.15, -0.1) is 0 Å². The van der Waals surface area contributed by atoms with E-state index < -0.39 is 0 Å². The molecule has 0 spiro atoms. The first-order valence-electron chi connectivity index (χ1n) is 12.4. The Hall–Kier alpha value is -3.16. The average molecular weight is 506 g/mol. The van der Waals surface area contributed by atoms with Crippen LogP contribution in [0.25, 0.3) is 5.69 Å². The van der Waals surface area contributed by atoms with E-state index in [1.807, 2.05) is 78.9 Å². The number of nitrogens with two attached hydrogens (primary N) is 1. The number of hydrogen-bond acceptors (Lipinski definition) is 4. The third-order valence-corrected chi connectivity index (χ3v) is 8.13. The molecular formula is C28H32ClN5O2. The molecule has 3 unspecified atom stereocenters. The predicted molar refractivity (Wildman–Crippen MR) is 140 cm³/mol. The van der Waals surface area contributed by atoms with Crippen molar-refractivity contribution in [1.29, 1.82) is 0 Å². The number of carbonyl (C=O) groups is 2. The Labute approximate surface area is 216 Å². The van der Waals surface area contributed by atoms with Gasteiger partial charge in [0.15, 0.2) is 0 Å². The molecule has 36 heavy (non-hydrogen) atoms. The summed E-state index contributed by atoms with van der Waals surface area (Å²) in [5.74, 6) is 0.434. The van der Waals surface area contributed by atoms with Gasteiger partial charge in [-0.2, -0.15) is 5.10 Å². The summed E-state index contributed by atoms with van der Waals surface area (Å²) in [6.07, 6.45) is 0.249. The largest absolute Gasteiger partial charge is 0.370 e. The van der Waals surface area contributed by atoms with Gasteiger partial charge in [-0.05, 0) is 61.9 Å². The predicted octanol–water partition coefficient (Wildman–Crippen LogP) is 4.07. The second kappa shape index (κ2) is 9.71. The first-order chi connectivity index (χ1) is 17.2. The van der Waals surface area contributed by atoms with Crippen LogP contribution >= 0.6 is 11.6 Å². The summed E-state index contributed by atoms with van der Waals surface area (Å²) in [5, 5.41) is 5.36. The molecule has 3 atom stereocenters. The number of likely N-dealkylation sites (tertiary alicyclic amines) is 2. The van der Waals surface area contributed by atoms with Crippen LogP contribution in [0, 0.1) is 32.6 Å². The molecule has 2 aromatic carbocycles. The van der Waals surface area contributed by atoms with Crippen molar-refractivity contribution in [2.75, 3.05) is 26.2 Å². The Balaban J connectivity index is 1.31. The third-order valence-electron chi connectivity index (χ3n) is 7.72. The SMILES string of the molecule is Cc1ccc(C(CC(N)=O)N2CC3CN(C(=O)c4c(C)nn(-c5ccccc5)c4C)CC3C2)cc1Cl. The van der Waals surface area contributed by atoms with Crippen LogP contribution in [0.1, 0.15) is 45.3 Å². The Morgan fingerprint density at radius 3 is 2.31 bits per heavy atom. The fourth-order valence-electron chi connectivity index (χ4n) is 5.85. The van der Waals surface area contributed by atoms with E-state index in [4.69, 9.17) is 17.3 Å². The number of primary amides is 1. The quantitative estimate of drug-likeness (QED) is 0.547. The number of aryl methyl sites for hydroxylation is 2. The van der Waals surface area contributed by atoms with E-state index in [0.29, 0.717) is 35.5 Å². The standard InChI is InChI=1S/C28H32ClN5O2/c1-17-9-10-20(11-24(17)29)25(12-26(30)35)32-13-21-15-33(16-22(21)14-32)28(36)27-18(2)31-34(19(27)3)23-7-5-4-6-8-23/h4-11,21-22,25H,12-16H2,1-3H3,(H2,30,35). The normalized spacial score (nSPS) is 20.5. The minimum absolute atomic E-state index is 0.0483. The van der Waals surface area contributed by atoms with Gasteiger partial charge in [-0.3, -0.25) is 14.5 Å². The zero-order valence-electron chi connectivity index (χ0n) is 20.9. The van der Waals surface area contributed by atoms with Gasteiger partial charge in [0.25, 0.3) is 5.91 Å².